The molecule has 3 heterocycles. The van der Waals surface area contributed by atoms with E-state index in [9.17, 15) is 23.1 Å². The number of hydrogen-bond donors (Lipinski definition) is 3. The average Bonchev–Trinajstić information content (AvgIpc) is 3.07. The number of benzene rings is 1. The molecule has 2 aliphatic heterocycles. The standard InChI is InChI=1S/C17H18N4O5S.C2H6/c18-27(25,26)21-6-5-13(14(21)16(23)24)11-1-3-12(4-2-11)15(22)20-9-17(10-20)7-19-8-17;1-2/h1-6,19H,7-10H2,(H,23,24)(H2,18,25,26);1-2H3. The molecule has 0 atom stereocenters. The molecule has 2 aromatic rings. The number of aromatic carboxylic acids is 1. The van der Waals surface area contributed by atoms with Crippen LogP contribution in [0, 0.1) is 5.41 Å². The maximum Gasteiger partial charge on any atom is 0.354 e. The van der Waals surface area contributed by atoms with Crippen molar-refractivity contribution in [3.8, 4) is 11.1 Å². The normalized spacial score (nSPS) is 17.0. The van der Waals surface area contributed by atoms with Crippen molar-refractivity contribution >= 4 is 22.1 Å². The summed E-state index contributed by atoms with van der Waals surface area (Å²) >= 11 is 0. The summed E-state index contributed by atoms with van der Waals surface area (Å²) in [5.41, 5.74) is 0.985. The van der Waals surface area contributed by atoms with Crippen LogP contribution in [0.5, 0.6) is 0 Å². The second kappa shape index (κ2) is 7.62. The summed E-state index contributed by atoms with van der Waals surface area (Å²) in [6, 6.07) is 7.79. The molecule has 1 aromatic carbocycles. The maximum atomic E-state index is 12.5. The van der Waals surface area contributed by atoms with Gasteiger partial charge in [0, 0.05) is 48.9 Å². The SMILES string of the molecule is CC.NS(=O)(=O)n1ccc(-c2ccc(C(=O)N3CC4(CNC4)C3)cc2)c1C(=O)O. The highest BCUT2D eigenvalue weighted by molar-refractivity contribution is 7.87. The Hall–Kier alpha value is -2.69. The predicted octanol–water partition coefficient (Wildman–Crippen LogP) is 0.977. The van der Waals surface area contributed by atoms with E-state index in [1.54, 1.807) is 29.2 Å². The van der Waals surface area contributed by atoms with Crippen LogP contribution in [0.1, 0.15) is 34.7 Å². The first-order chi connectivity index (χ1) is 13.7. The van der Waals surface area contributed by atoms with Crippen molar-refractivity contribution in [2.75, 3.05) is 26.2 Å². The van der Waals surface area contributed by atoms with E-state index < -0.39 is 21.9 Å². The number of hydrogen-bond acceptors (Lipinski definition) is 5. The van der Waals surface area contributed by atoms with Crippen molar-refractivity contribution in [2.45, 2.75) is 13.8 Å². The van der Waals surface area contributed by atoms with Crippen molar-refractivity contribution in [1.82, 2.24) is 14.2 Å². The van der Waals surface area contributed by atoms with E-state index in [4.69, 9.17) is 5.14 Å². The zero-order valence-electron chi connectivity index (χ0n) is 16.3. The Morgan fingerprint density at radius 2 is 1.69 bits per heavy atom. The van der Waals surface area contributed by atoms with Crippen molar-refractivity contribution in [3.63, 3.8) is 0 Å². The number of nitrogens with zero attached hydrogens (tertiary/aromatic N) is 2. The van der Waals surface area contributed by atoms with Crippen molar-refractivity contribution in [1.29, 1.82) is 0 Å². The summed E-state index contributed by atoms with van der Waals surface area (Å²) in [5.74, 6) is -1.48. The molecule has 2 saturated heterocycles. The molecule has 1 spiro atoms. The minimum atomic E-state index is -4.23. The number of aromatic nitrogens is 1. The smallest absolute Gasteiger partial charge is 0.354 e. The lowest BCUT2D eigenvalue weighted by Crippen LogP contribution is -2.71. The van der Waals surface area contributed by atoms with Gasteiger partial charge in [0.1, 0.15) is 0 Å². The van der Waals surface area contributed by atoms with Crippen molar-refractivity contribution < 1.29 is 23.1 Å². The van der Waals surface area contributed by atoms with E-state index in [-0.39, 0.29) is 16.9 Å². The van der Waals surface area contributed by atoms with Gasteiger partial charge >= 0.3 is 16.2 Å². The molecular formula is C19H24N4O5S. The van der Waals surface area contributed by atoms with Gasteiger partial charge in [-0.25, -0.2) is 13.9 Å². The number of nitrogens with two attached hydrogens (primary N) is 1. The van der Waals surface area contributed by atoms with E-state index >= 15 is 0 Å². The lowest BCUT2D eigenvalue weighted by Gasteiger charge is -2.56. The Bertz CT molecular complexity index is 1030. The monoisotopic (exact) mass is 420 g/mol. The molecule has 1 amide bonds. The van der Waals surface area contributed by atoms with E-state index in [1.165, 1.54) is 6.07 Å². The van der Waals surface area contributed by atoms with Gasteiger partial charge in [-0.3, -0.25) is 4.79 Å². The number of carboxylic acids is 1. The Balaban J connectivity index is 0.00000117. The number of carboxylic acid groups (broad SMARTS) is 1. The van der Waals surface area contributed by atoms with Crippen LogP contribution in [0.25, 0.3) is 11.1 Å². The molecule has 0 bridgehead atoms. The second-order valence-electron chi connectivity index (χ2n) is 7.07. The van der Waals surface area contributed by atoms with Crippen LogP contribution < -0.4 is 10.5 Å². The highest BCUT2D eigenvalue weighted by Crippen LogP contribution is 2.35. The number of rotatable bonds is 4. The largest absolute Gasteiger partial charge is 0.477 e. The van der Waals surface area contributed by atoms with Gasteiger partial charge in [0.05, 0.1) is 0 Å². The molecule has 9 nitrogen and oxygen atoms in total. The third-order valence-electron chi connectivity index (χ3n) is 5.11. The van der Waals surface area contributed by atoms with Crippen LogP contribution in [0.4, 0.5) is 0 Å². The van der Waals surface area contributed by atoms with Gasteiger partial charge < -0.3 is 15.3 Å². The average molecular weight is 420 g/mol. The van der Waals surface area contributed by atoms with Gasteiger partial charge in [-0.1, -0.05) is 26.0 Å². The fourth-order valence-corrected chi connectivity index (χ4v) is 4.31. The van der Waals surface area contributed by atoms with E-state index in [2.05, 4.69) is 5.32 Å². The van der Waals surface area contributed by atoms with Crippen LogP contribution in [0.3, 0.4) is 0 Å². The highest BCUT2D eigenvalue weighted by Gasteiger charge is 2.49. The number of amides is 1. The van der Waals surface area contributed by atoms with Crippen LogP contribution in [0.15, 0.2) is 36.5 Å². The van der Waals surface area contributed by atoms with Gasteiger partial charge in [0.15, 0.2) is 5.69 Å². The first-order valence-electron chi connectivity index (χ1n) is 9.29. The van der Waals surface area contributed by atoms with Crippen LogP contribution in [-0.4, -0.2) is 60.5 Å². The molecule has 0 saturated carbocycles. The number of nitrogens with one attached hydrogen (secondary N) is 1. The number of likely N-dealkylation sites (tertiary alicyclic amines) is 1. The molecule has 4 rings (SSSR count). The maximum absolute atomic E-state index is 12.5. The summed E-state index contributed by atoms with van der Waals surface area (Å²) < 4.78 is 23.7. The molecule has 156 valence electrons. The molecule has 1 aromatic heterocycles. The quantitative estimate of drug-likeness (QED) is 0.675. The molecule has 10 heteroatoms. The van der Waals surface area contributed by atoms with Crippen LogP contribution >= 0.6 is 0 Å². The second-order valence-corrected chi connectivity index (χ2v) is 8.49. The summed E-state index contributed by atoms with van der Waals surface area (Å²) in [6.45, 7) is 7.35. The Kier molecular flexibility index (Phi) is 5.52. The molecular weight excluding hydrogens is 396 g/mol. The van der Waals surface area contributed by atoms with Gasteiger partial charge in [0.25, 0.3) is 5.91 Å². The zero-order chi connectivity index (χ0) is 21.4. The number of carbonyl (C=O) groups is 2. The van der Waals surface area contributed by atoms with Gasteiger partial charge in [-0.05, 0) is 23.8 Å². The summed E-state index contributed by atoms with van der Waals surface area (Å²) in [6.07, 6.45) is 1.10. The summed E-state index contributed by atoms with van der Waals surface area (Å²) in [5, 5.41) is 17.7. The molecule has 0 radical (unpaired) electrons. The van der Waals surface area contributed by atoms with Gasteiger partial charge in [-0.15, -0.1) is 0 Å². The van der Waals surface area contributed by atoms with Gasteiger partial charge in [0.2, 0.25) is 0 Å². The summed E-state index contributed by atoms with van der Waals surface area (Å²) in [4.78, 5) is 25.8. The molecule has 4 N–H and O–H groups in total. The van der Waals surface area contributed by atoms with Crippen LogP contribution in [0.2, 0.25) is 0 Å². The lowest BCUT2D eigenvalue weighted by atomic mass is 9.74. The molecule has 29 heavy (non-hydrogen) atoms. The van der Waals surface area contributed by atoms with Crippen molar-refractivity contribution in [3.05, 3.63) is 47.8 Å². The Morgan fingerprint density at radius 1 is 1.10 bits per heavy atom. The molecule has 0 unspecified atom stereocenters. The third kappa shape index (κ3) is 3.78. The van der Waals surface area contributed by atoms with Gasteiger partial charge in [-0.2, -0.15) is 8.42 Å². The van der Waals surface area contributed by atoms with E-state index in [1.807, 2.05) is 13.8 Å². The van der Waals surface area contributed by atoms with E-state index in [0.29, 0.717) is 15.1 Å². The summed E-state index contributed by atoms with van der Waals surface area (Å²) in [7, 11) is -4.23. The molecule has 2 fully saturated rings. The first-order valence-corrected chi connectivity index (χ1v) is 10.8. The predicted molar refractivity (Wildman–Crippen MR) is 108 cm³/mol. The lowest BCUT2D eigenvalue weighted by molar-refractivity contribution is -0.0248. The zero-order valence-corrected chi connectivity index (χ0v) is 17.1. The fourth-order valence-electron chi connectivity index (χ4n) is 3.65. The van der Waals surface area contributed by atoms with E-state index in [0.717, 1.165) is 32.4 Å². The van der Waals surface area contributed by atoms with Crippen LogP contribution in [-0.2, 0) is 10.2 Å². The minimum Gasteiger partial charge on any atom is -0.477 e. The topological polar surface area (TPSA) is 135 Å². The Morgan fingerprint density at radius 3 is 2.14 bits per heavy atom. The third-order valence-corrected chi connectivity index (χ3v) is 5.96. The highest BCUT2D eigenvalue weighted by atomic mass is 32.2. The molecule has 0 aliphatic carbocycles. The fraction of sp³-hybridized carbons (Fsp3) is 0.368. The minimum absolute atomic E-state index is 0.0698. The number of carbonyl (C=O) groups excluding carboxylic acids is 1. The first kappa shape index (κ1) is 21.0. The van der Waals surface area contributed by atoms with Crippen molar-refractivity contribution in [2.24, 2.45) is 10.6 Å². The molecule has 2 aliphatic rings. The Labute approximate surface area is 169 Å².